The minimum atomic E-state index is -4.07. The van der Waals surface area contributed by atoms with Crippen LogP contribution in [0.4, 0.5) is 10.1 Å². The monoisotopic (exact) mass is 502 g/mol. The fourth-order valence-corrected chi connectivity index (χ4v) is 5.70. The Bertz CT molecular complexity index is 1460. The van der Waals surface area contributed by atoms with Crippen LogP contribution in [0.1, 0.15) is 11.1 Å². The average molecular weight is 503 g/mol. The SMILES string of the molecule is O=S(=O)(c1ccc(F)cc1)N(C[C@H](O)CON=C1c2ccccc2-c2ccccc21)c1ccccc1. The summed E-state index contributed by atoms with van der Waals surface area (Å²) in [5.41, 5.74) is 4.99. The van der Waals surface area contributed by atoms with E-state index in [0.29, 0.717) is 11.4 Å². The molecule has 8 heteroatoms. The summed E-state index contributed by atoms with van der Waals surface area (Å²) in [7, 11) is -4.07. The van der Waals surface area contributed by atoms with Gasteiger partial charge in [0.05, 0.1) is 17.1 Å². The van der Waals surface area contributed by atoms with E-state index in [1.54, 1.807) is 30.3 Å². The largest absolute Gasteiger partial charge is 0.392 e. The molecule has 1 N–H and O–H groups in total. The van der Waals surface area contributed by atoms with Gasteiger partial charge in [0.1, 0.15) is 24.2 Å². The molecule has 4 aromatic rings. The number of aliphatic hydroxyl groups excluding tert-OH is 1. The number of benzene rings is 4. The predicted molar refractivity (Wildman–Crippen MR) is 137 cm³/mol. The van der Waals surface area contributed by atoms with Gasteiger partial charge in [-0.05, 0) is 47.5 Å². The molecule has 0 radical (unpaired) electrons. The Morgan fingerprint density at radius 2 is 1.31 bits per heavy atom. The minimum absolute atomic E-state index is 0.0831. The van der Waals surface area contributed by atoms with Crippen molar-refractivity contribution in [3.8, 4) is 11.1 Å². The van der Waals surface area contributed by atoms with E-state index in [1.165, 1.54) is 12.1 Å². The first kappa shape index (κ1) is 23.7. The van der Waals surface area contributed by atoms with Gasteiger partial charge in [-0.2, -0.15) is 0 Å². The third-order valence-electron chi connectivity index (χ3n) is 5.90. The number of aliphatic hydroxyl groups is 1. The van der Waals surface area contributed by atoms with Crippen molar-refractivity contribution in [3.05, 3.63) is 120 Å². The van der Waals surface area contributed by atoms with Crippen LogP contribution in [0.15, 0.2) is 113 Å². The number of fused-ring (bicyclic) bond motifs is 3. The summed E-state index contributed by atoms with van der Waals surface area (Å²) in [6, 6.07) is 28.7. The summed E-state index contributed by atoms with van der Waals surface area (Å²) in [4.78, 5) is 5.45. The molecular formula is C28H23FN2O4S. The maximum absolute atomic E-state index is 13.4. The summed E-state index contributed by atoms with van der Waals surface area (Å²) >= 11 is 0. The normalized spacial score (nSPS) is 13.0. The van der Waals surface area contributed by atoms with Gasteiger partial charge in [-0.1, -0.05) is 71.9 Å². The number of oxime groups is 1. The number of hydrogen-bond acceptors (Lipinski definition) is 5. The third-order valence-corrected chi connectivity index (χ3v) is 7.71. The molecule has 0 bridgehead atoms. The molecule has 1 atom stereocenters. The van der Waals surface area contributed by atoms with Crippen LogP contribution < -0.4 is 4.31 Å². The van der Waals surface area contributed by atoms with Crippen LogP contribution in [0.3, 0.4) is 0 Å². The maximum atomic E-state index is 13.4. The van der Waals surface area contributed by atoms with E-state index in [4.69, 9.17) is 4.84 Å². The van der Waals surface area contributed by atoms with Crippen molar-refractivity contribution in [1.29, 1.82) is 0 Å². The second-order valence-corrected chi connectivity index (χ2v) is 10.2. The molecule has 0 aliphatic heterocycles. The summed E-state index contributed by atoms with van der Waals surface area (Å²) in [5, 5.41) is 15.0. The molecule has 0 fully saturated rings. The number of anilines is 1. The van der Waals surface area contributed by atoms with Crippen molar-refractivity contribution >= 4 is 21.4 Å². The standard InChI is InChI=1S/C28H23FN2O4S/c29-20-14-16-23(17-15-20)36(33,34)31(21-8-2-1-3-9-21)18-22(32)19-35-30-28-26-12-6-4-10-24(26)25-11-5-7-13-27(25)28/h1-17,22,32H,18-19H2/t22-/m0/s1. The number of para-hydroxylation sites is 1. The lowest BCUT2D eigenvalue weighted by Crippen LogP contribution is -2.39. The summed E-state index contributed by atoms with van der Waals surface area (Å²) in [6.07, 6.45) is -1.18. The Morgan fingerprint density at radius 1 is 0.778 bits per heavy atom. The summed E-state index contributed by atoms with van der Waals surface area (Å²) in [5.74, 6) is -0.539. The highest BCUT2D eigenvalue weighted by Gasteiger charge is 2.28. The molecule has 0 saturated heterocycles. The van der Waals surface area contributed by atoms with Crippen LogP contribution in [0.2, 0.25) is 0 Å². The van der Waals surface area contributed by atoms with Crippen LogP contribution in [0.5, 0.6) is 0 Å². The molecular weight excluding hydrogens is 479 g/mol. The fourth-order valence-electron chi connectivity index (χ4n) is 4.19. The van der Waals surface area contributed by atoms with Crippen LogP contribution >= 0.6 is 0 Å². The minimum Gasteiger partial charge on any atom is -0.392 e. The van der Waals surface area contributed by atoms with Crippen molar-refractivity contribution in [2.24, 2.45) is 5.16 Å². The van der Waals surface area contributed by atoms with Gasteiger partial charge in [0.25, 0.3) is 10.0 Å². The van der Waals surface area contributed by atoms with E-state index >= 15 is 0 Å². The highest BCUT2D eigenvalue weighted by atomic mass is 32.2. The van der Waals surface area contributed by atoms with Crippen molar-refractivity contribution in [2.75, 3.05) is 17.5 Å². The number of hydrogen-bond donors (Lipinski definition) is 1. The molecule has 0 amide bonds. The summed E-state index contributed by atoms with van der Waals surface area (Å²) < 4.78 is 41.2. The molecule has 6 nitrogen and oxygen atoms in total. The third kappa shape index (κ3) is 4.60. The van der Waals surface area contributed by atoms with E-state index in [-0.39, 0.29) is 18.0 Å². The highest BCUT2D eigenvalue weighted by molar-refractivity contribution is 7.92. The van der Waals surface area contributed by atoms with Crippen LogP contribution in [-0.4, -0.2) is 38.5 Å². The topological polar surface area (TPSA) is 79.2 Å². The van der Waals surface area contributed by atoms with E-state index < -0.39 is 21.9 Å². The quantitative estimate of drug-likeness (QED) is 0.308. The van der Waals surface area contributed by atoms with Crippen molar-refractivity contribution in [3.63, 3.8) is 0 Å². The predicted octanol–water partition coefficient (Wildman–Crippen LogP) is 4.83. The molecule has 1 aliphatic rings. The van der Waals surface area contributed by atoms with Crippen molar-refractivity contribution in [1.82, 2.24) is 0 Å². The van der Waals surface area contributed by atoms with E-state index in [9.17, 15) is 17.9 Å². The smallest absolute Gasteiger partial charge is 0.264 e. The van der Waals surface area contributed by atoms with Gasteiger partial charge in [0.2, 0.25) is 0 Å². The van der Waals surface area contributed by atoms with Gasteiger partial charge < -0.3 is 9.94 Å². The molecule has 5 rings (SSSR count). The van der Waals surface area contributed by atoms with Crippen LogP contribution in [-0.2, 0) is 14.9 Å². The zero-order valence-electron chi connectivity index (χ0n) is 19.2. The van der Waals surface area contributed by atoms with Gasteiger partial charge in [0, 0.05) is 11.1 Å². The van der Waals surface area contributed by atoms with E-state index in [2.05, 4.69) is 5.16 Å². The number of halogens is 1. The molecule has 0 heterocycles. The first-order valence-electron chi connectivity index (χ1n) is 11.4. The first-order valence-corrected chi connectivity index (χ1v) is 12.8. The lowest BCUT2D eigenvalue weighted by Gasteiger charge is -2.26. The lowest BCUT2D eigenvalue weighted by molar-refractivity contribution is 0.0456. The molecule has 182 valence electrons. The zero-order chi connectivity index (χ0) is 25.1. The van der Waals surface area contributed by atoms with Gasteiger partial charge >= 0.3 is 0 Å². The second kappa shape index (κ2) is 9.93. The molecule has 36 heavy (non-hydrogen) atoms. The Labute approximate surface area is 208 Å². The zero-order valence-corrected chi connectivity index (χ0v) is 20.0. The molecule has 0 saturated carbocycles. The van der Waals surface area contributed by atoms with Crippen molar-refractivity contribution < 1.29 is 22.8 Å². The summed E-state index contributed by atoms with van der Waals surface area (Å²) in [6.45, 7) is -0.502. The van der Waals surface area contributed by atoms with E-state index in [0.717, 1.165) is 38.7 Å². The Hall–Kier alpha value is -4.01. The van der Waals surface area contributed by atoms with Gasteiger partial charge in [0.15, 0.2) is 0 Å². The van der Waals surface area contributed by atoms with Gasteiger partial charge in [-0.15, -0.1) is 0 Å². The number of sulfonamides is 1. The average Bonchev–Trinajstić information content (AvgIpc) is 3.22. The molecule has 0 spiro atoms. The number of nitrogens with zero attached hydrogens (tertiary/aromatic N) is 2. The Balaban J connectivity index is 1.36. The Kier molecular flexibility index (Phi) is 6.54. The number of rotatable bonds is 8. The molecule has 4 aromatic carbocycles. The lowest BCUT2D eigenvalue weighted by atomic mass is 10.1. The van der Waals surface area contributed by atoms with Crippen molar-refractivity contribution in [2.45, 2.75) is 11.0 Å². The molecule has 1 aliphatic carbocycles. The van der Waals surface area contributed by atoms with Gasteiger partial charge in [-0.25, -0.2) is 12.8 Å². The maximum Gasteiger partial charge on any atom is 0.264 e. The molecule has 0 unspecified atom stereocenters. The fraction of sp³-hybridized carbons (Fsp3) is 0.107. The molecule has 0 aromatic heterocycles. The highest BCUT2D eigenvalue weighted by Crippen LogP contribution is 2.36. The van der Waals surface area contributed by atoms with Crippen LogP contribution in [0, 0.1) is 5.82 Å². The second-order valence-electron chi connectivity index (χ2n) is 8.31. The van der Waals surface area contributed by atoms with Gasteiger partial charge in [-0.3, -0.25) is 4.31 Å². The Morgan fingerprint density at radius 3 is 1.89 bits per heavy atom. The van der Waals surface area contributed by atoms with E-state index in [1.807, 2.05) is 48.5 Å². The first-order chi connectivity index (χ1) is 17.4. The van der Waals surface area contributed by atoms with Crippen LogP contribution in [0.25, 0.3) is 11.1 Å².